The molecular weight excluding hydrogens is 237 g/mol. The van der Waals surface area contributed by atoms with Gasteiger partial charge in [0.15, 0.2) is 0 Å². The number of allylic oxidation sites excluding steroid dienone is 2. The van der Waals surface area contributed by atoms with Gasteiger partial charge in [-0.1, -0.05) is 23.7 Å². The van der Waals surface area contributed by atoms with Crippen LogP contribution in [0.5, 0.6) is 0 Å². The molecule has 2 N–H and O–H groups in total. The molecule has 5 heteroatoms. The van der Waals surface area contributed by atoms with Crippen LogP contribution in [-0.2, 0) is 9.63 Å². The molecule has 0 aliphatic rings. The summed E-state index contributed by atoms with van der Waals surface area (Å²) in [5, 5.41) is -0.121. The van der Waals surface area contributed by atoms with E-state index in [1.807, 2.05) is 0 Å². The third-order valence-electron chi connectivity index (χ3n) is 1.91. The Bertz CT molecular complexity index is 398. The molecule has 1 aromatic carbocycles. The number of halogens is 2. The minimum atomic E-state index is -0.732. The molecule has 0 saturated carbocycles. The van der Waals surface area contributed by atoms with Crippen LogP contribution in [0.4, 0.5) is 0 Å². The highest BCUT2D eigenvalue weighted by molar-refractivity contribution is 6.67. The molecule has 1 aromatic rings. The lowest BCUT2D eigenvalue weighted by Gasteiger charge is -2.06. The van der Waals surface area contributed by atoms with E-state index in [0.29, 0.717) is 10.6 Å². The summed E-state index contributed by atoms with van der Waals surface area (Å²) in [5.41, 5.74) is 1.34. The second kappa shape index (κ2) is 5.16. The van der Waals surface area contributed by atoms with Crippen molar-refractivity contribution in [1.29, 1.82) is 0 Å². The van der Waals surface area contributed by atoms with Crippen LogP contribution in [0, 0.1) is 0 Å². The Balaban J connectivity index is 3.16. The molecule has 0 heterocycles. The van der Waals surface area contributed by atoms with Gasteiger partial charge in [0.1, 0.15) is 0 Å². The van der Waals surface area contributed by atoms with Gasteiger partial charge in [0.25, 0.3) is 5.24 Å². The first-order valence-corrected chi connectivity index (χ1v) is 4.85. The zero-order chi connectivity index (χ0) is 11.4. The predicted octanol–water partition coefficient (Wildman–Crippen LogP) is 2.73. The SMILES string of the molecule is CC(=C(ON)C(=O)Cl)c1ccc(Cl)cc1. The molecule has 80 valence electrons. The molecule has 3 nitrogen and oxygen atoms in total. The molecule has 0 aliphatic heterocycles. The molecule has 0 amide bonds. The number of carbonyl (C=O) groups is 1. The zero-order valence-electron chi connectivity index (χ0n) is 7.96. The summed E-state index contributed by atoms with van der Waals surface area (Å²) in [7, 11) is 0. The van der Waals surface area contributed by atoms with Crippen LogP contribution < -0.4 is 5.90 Å². The van der Waals surface area contributed by atoms with E-state index < -0.39 is 5.24 Å². The van der Waals surface area contributed by atoms with Crippen molar-refractivity contribution >= 4 is 34.0 Å². The lowest BCUT2D eigenvalue weighted by atomic mass is 10.1. The van der Waals surface area contributed by atoms with E-state index in [2.05, 4.69) is 4.84 Å². The minimum absolute atomic E-state index is 0.0704. The van der Waals surface area contributed by atoms with Crippen molar-refractivity contribution in [3.63, 3.8) is 0 Å². The fourth-order valence-electron chi connectivity index (χ4n) is 1.11. The molecule has 0 bridgehead atoms. The molecule has 0 fully saturated rings. The van der Waals surface area contributed by atoms with Crippen molar-refractivity contribution in [3.05, 3.63) is 40.6 Å². The summed E-state index contributed by atoms with van der Waals surface area (Å²) in [4.78, 5) is 15.4. The number of nitrogens with two attached hydrogens (primary N) is 1. The van der Waals surface area contributed by atoms with Crippen molar-refractivity contribution in [2.24, 2.45) is 5.90 Å². The smallest absolute Gasteiger partial charge is 0.290 e. The Kier molecular flexibility index (Phi) is 4.15. The highest BCUT2D eigenvalue weighted by atomic mass is 35.5. The maximum absolute atomic E-state index is 10.9. The fraction of sp³-hybridized carbons (Fsp3) is 0.100. The van der Waals surface area contributed by atoms with E-state index in [1.54, 1.807) is 31.2 Å². The average Bonchev–Trinajstić information content (AvgIpc) is 2.19. The van der Waals surface area contributed by atoms with Crippen LogP contribution in [0.2, 0.25) is 5.02 Å². The van der Waals surface area contributed by atoms with Crippen LogP contribution in [0.15, 0.2) is 30.0 Å². The maximum atomic E-state index is 10.9. The molecular formula is C10H9Cl2NO2. The summed E-state index contributed by atoms with van der Waals surface area (Å²) >= 11 is 11.0. The van der Waals surface area contributed by atoms with Gasteiger partial charge >= 0.3 is 0 Å². The first-order valence-electron chi connectivity index (χ1n) is 4.09. The monoisotopic (exact) mass is 245 g/mol. The molecule has 0 saturated heterocycles. The molecule has 0 spiro atoms. The summed E-state index contributed by atoms with van der Waals surface area (Å²) in [6.45, 7) is 1.69. The van der Waals surface area contributed by atoms with Crippen LogP contribution >= 0.6 is 23.2 Å². The Labute approximate surface area is 97.4 Å². The van der Waals surface area contributed by atoms with Gasteiger partial charge in [0, 0.05) is 10.6 Å². The Hall–Kier alpha value is -1.03. The number of benzene rings is 1. The first kappa shape index (κ1) is 12.0. The Morgan fingerprint density at radius 3 is 2.27 bits per heavy atom. The third kappa shape index (κ3) is 2.96. The van der Waals surface area contributed by atoms with Gasteiger partial charge in [-0.05, 0) is 36.2 Å². The largest absolute Gasteiger partial charge is 0.406 e. The lowest BCUT2D eigenvalue weighted by molar-refractivity contribution is -0.111. The van der Waals surface area contributed by atoms with E-state index >= 15 is 0 Å². The quantitative estimate of drug-likeness (QED) is 0.386. The predicted molar refractivity (Wildman–Crippen MR) is 60.2 cm³/mol. The lowest BCUT2D eigenvalue weighted by Crippen LogP contribution is -2.07. The summed E-state index contributed by atoms with van der Waals surface area (Å²) in [6, 6.07) is 6.90. The van der Waals surface area contributed by atoms with E-state index in [1.165, 1.54) is 0 Å². The molecule has 15 heavy (non-hydrogen) atoms. The van der Waals surface area contributed by atoms with Gasteiger partial charge < -0.3 is 4.84 Å². The van der Waals surface area contributed by atoms with Crippen molar-refractivity contribution in [2.75, 3.05) is 0 Å². The molecule has 0 aromatic heterocycles. The summed E-state index contributed by atoms with van der Waals surface area (Å²) in [5.74, 6) is 4.88. The van der Waals surface area contributed by atoms with Crippen LogP contribution in [0.1, 0.15) is 12.5 Å². The topological polar surface area (TPSA) is 52.3 Å². The Morgan fingerprint density at radius 2 is 1.87 bits per heavy atom. The first-order chi connectivity index (χ1) is 7.06. The maximum Gasteiger partial charge on any atom is 0.290 e. The number of carbonyl (C=O) groups excluding carboxylic acids is 1. The highest BCUT2D eigenvalue weighted by Gasteiger charge is 2.12. The van der Waals surface area contributed by atoms with E-state index in [-0.39, 0.29) is 5.76 Å². The number of rotatable bonds is 3. The molecule has 0 atom stereocenters. The van der Waals surface area contributed by atoms with E-state index in [0.717, 1.165) is 5.56 Å². The van der Waals surface area contributed by atoms with E-state index in [4.69, 9.17) is 29.1 Å². The normalized spacial score (nSPS) is 12.0. The van der Waals surface area contributed by atoms with Gasteiger partial charge in [-0.3, -0.25) is 4.79 Å². The summed E-state index contributed by atoms with van der Waals surface area (Å²) < 4.78 is 0. The van der Waals surface area contributed by atoms with Crippen molar-refractivity contribution in [2.45, 2.75) is 6.92 Å². The van der Waals surface area contributed by atoms with Crippen LogP contribution in [0.25, 0.3) is 5.57 Å². The van der Waals surface area contributed by atoms with Crippen molar-refractivity contribution in [1.82, 2.24) is 0 Å². The Morgan fingerprint density at radius 1 is 1.33 bits per heavy atom. The van der Waals surface area contributed by atoms with Crippen molar-refractivity contribution in [3.8, 4) is 0 Å². The number of hydrogen-bond acceptors (Lipinski definition) is 3. The van der Waals surface area contributed by atoms with Gasteiger partial charge in [-0.25, -0.2) is 0 Å². The summed E-state index contributed by atoms with van der Waals surface area (Å²) in [6.07, 6.45) is 0. The molecule has 0 unspecified atom stereocenters. The van der Waals surface area contributed by atoms with Gasteiger partial charge in [-0.2, -0.15) is 5.90 Å². The van der Waals surface area contributed by atoms with Gasteiger partial charge in [-0.15, -0.1) is 0 Å². The average molecular weight is 246 g/mol. The van der Waals surface area contributed by atoms with E-state index in [9.17, 15) is 4.79 Å². The second-order valence-electron chi connectivity index (χ2n) is 2.85. The minimum Gasteiger partial charge on any atom is -0.406 e. The molecule has 0 aliphatic carbocycles. The highest BCUT2D eigenvalue weighted by Crippen LogP contribution is 2.21. The van der Waals surface area contributed by atoms with Gasteiger partial charge in [0.05, 0.1) is 0 Å². The standard InChI is InChI=1S/C10H9Cl2NO2/c1-6(9(15-13)10(12)14)7-2-4-8(11)5-3-7/h2-5H,13H2,1H3. The van der Waals surface area contributed by atoms with Gasteiger partial charge in [0.2, 0.25) is 5.76 Å². The second-order valence-corrected chi connectivity index (χ2v) is 3.63. The third-order valence-corrected chi connectivity index (χ3v) is 2.34. The number of hydrogen-bond donors (Lipinski definition) is 1. The molecule has 1 rings (SSSR count). The van der Waals surface area contributed by atoms with Crippen LogP contribution in [-0.4, -0.2) is 5.24 Å². The zero-order valence-corrected chi connectivity index (χ0v) is 9.47. The molecule has 0 radical (unpaired) electrons. The van der Waals surface area contributed by atoms with Crippen LogP contribution in [0.3, 0.4) is 0 Å². The van der Waals surface area contributed by atoms with Crippen molar-refractivity contribution < 1.29 is 9.63 Å². The fourth-order valence-corrected chi connectivity index (χ4v) is 1.43.